The van der Waals surface area contributed by atoms with Crippen LogP contribution in [0.5, 0.6) is 0 Å². The molecule has 4 heterocycles. The van der Waals surface area contributed by atoms with Crippen molar-refractivity contribution >= 4 is 29.0 Å². The molecule has 1 saturated heterocycles. The topological polar surface area (TPSA) is 128 Å². The fourth-order valence-electron chi connectivity index (χ4n) is 5.28. The number of nitrogens with zero attached hydrogens (tertiary/aromatic N) is 5. The Labute approximate surface area is 237 Å². The number of fused-ring (bicyclic) bond motifs is 1. The molecule has 0 saturated carbocycles. The van der Waals surface area contributed by atoms with Gasteiger partial charge in [0.05, 0.1) is 0 Å². The molecule has 5 rings (SSSR count). The van der Waals surface area contributed by atoms with E-state index in [4.69, 9.17) is 15.5 Å². The predicted molar refractivity (Wildman–Crippen MR) is 154 cm³/mol. The van der Waals surface area contributed by atoms with Gasteiger partial charge in [-0.05, 0) is 63.4 Å². The second-order valence-corrected chi connectivity index (χ2v) is 10.9. The molecule has 3 aromatic heterocycles. The number of hydrogen-bond donors (Lipinski definition) is 2. The largest absolute Gasteiger partial charge is 0.382 e. The van der Waals surface area contributed by atoms with E-state index in [0.29, 0.717) is 34.7 Å². The van der Waals surface area contributed by atoms with Crippen LogP contribution >= 0.6 is 0 Å². The number of alkyl halides is 1. The molecule has 41 heavy (non-hydrogen) atoms. The number of ether oxygens (including phenoxy) is 1. The fraction of sp³-hybridized carbons (Fsp3) is 0.367. The Bertz CT molecular complexity index is 1580. The molecule has 0 radical (unpaired) electrons. The van der Waals surface area contributed by atoms with Gasteiger partial charge in [-0.3, -0.25) is 14.0 Å². The van der Waals surface area contributed by atoms with Gasteiger partial charge < -0.3 is 20.7 Å². The molecule has 1 fully saturated rings. The molecule has 1 aliphatic rings. The molecule has 3 N–H and O–H groups in total. The van der Waals surface area contributed by atoms with Crippen LogP contribution in [0.2, 0.25) is 0 Å². The minimum atomic E-state index is -1.55. The summed E-state index contributed by atoms with van der Waals surface area (Å²) in [5.41, 5.74) is 7.68. The Hall–Kier alpha value is -4.38. The van der Waals surface area contributed by atoms with Crippen LogP contribution in [0.3, 0.4) is 0 Å². The third-order valence-electron chi connectivity index (χ3n) is 7.55. The highest BCUT2D eigenvalue weighted by atomic mass is 19.1. The second-order valence-electron chi connectivity index (χ2n) is 10.9. The molecule has 214 valence electrons. The number of nitrogens with one attached hydrogen (secondary N) is 1. The van der Waals surface area contributed by atoms with Crippen molar-refractivity contribution in [1.29, 1.82) is 0 Å². The van der Waals surface area contributed by atoms with Gasteiger partial charge in [-0.25, -0.2) is 19.3 Å². The van der Waals surface area contributed by atoms with Crippen LogP contribution in [0.15, 0.2) is 55.0 Å². The maximum absolute atomic E-state index is 14.3. The Morgan fingerprint density at radius 2 is 1.90 bits per heavy atom. The number of nitrogen functional groups attached to an aromatic ring is 1. The number of imidazole rings is 1. The predicted octanol–water partition coefficient (Wildman–Crippen LogP) is 4.57. The molecule has 2 atom stereocenters. The van der Waals surface area contributed by atoms with Crippen LogP contribution in [0, 0.1) is 0 Å². The van der Waals surface area contributed by atoms with Crippen molar-refractivity contribution in [2.75, 3.05) is 31.3 Å². The second kappa shape index (κ2) is 11.2. The summed E-state index contributed by atoms with van der Waals surface area (Å²) in [6.45, 7) is 5.51. The molecular weight excluding hydrogens is 525 g/mol. The first-order chi connectivity index (χ1) is 19.6. The number of benzene rings is 1. The van der Waals surface area contributed by atoms with Crippen LogP contribution in [0.25, 0.3) is 16.8 Å². The highest BCUT2D eigenvalue weighted by molar-refractivity contribution is 6.04. The summed E-state index contributed by atoms with van der Waals surface area (Å²) in [4.78, 5) is 40.9. The maximum atomic E-state index is 14.3. The van der Waals surface area contributed by atoms with Crippen molar-refractivity contribution in [3.63, 3.8) is 0 Å². The molecule has 2 unspecified atom stereocenters. The molecule has 0 aliphatic carbocycles. The molecular formula is C30H34FN7O3. The highest BCUT2D eigenvalue weighted by Crippen LogP contribution is 2.35. The van der Waals surface area contributed by atoms with Crippen LogP contribution in [0.4, 0.5) is 16.0 Å². The van der Waals surface area contributed by atoms with E-state index >= 15 is 0 Å². The first-order valence-corrected chi connectivity index (χ1v) is 13.5. The summed E-state index contributed by atoms with van der Waals surface area (Å²) in [6.07, 6.45) is 6.65. The van der Waals surface area contributed by atoms with Gasteiger partial charge in [-0.2, -0.15) is 0 Å². The Balaban J connectivity index is 1.42. The number of piperidine rings is 1. The zero-order valence-electron chi connectivity index (χ0n) is 23.6. The lowest BCUT2D eigenvalue weighted by Crippen LogP contribution is -2.46. The van der Waals surface area contributed by atoms with Gasteiger partial charge in [-0.15, -0.1) is 0 Å². The minimum absolute atomic E-state index is 0.00216. The number of halogens is 1. The van der Waals surface area contributed by atoms with Gasteiger partial charge in [0.25, 0.3) is 5.91 Å². The first kappa shape index (κ1) is 28.2. The minimum Gasteiger partial charge on any atom is -0.382 e. The third kappa shape index (κ3) is 5.76. The van der Waals surface area contributed by atoms with Crippen molar-refractivity contribution in [2.45, 2.75) is 51.2 Å². The van der Waals surface area contributed by atoms with Crippen molar-refractivity contribution in [1.82, 2.24) is 24.3 Å². The van der Waals surface area contributed by atoms with E-state index in [1.54, 1.807) is 36.5 Å². The summed E-state index contributed by atoms with van der Waals surface area (Å²) < 4.78 is 21.4. The summed E-state index contributed by atoms with van der Waals surface area (Å²) in [6, 6.07) is 10.2. The van der Waals surface area contributed by atoms with Crippen LogP contribution in [-0.2, 0) is 15.2 Å². The Kier molecular flexibility index (Phi) is 7.72. The molecule has 0 spiro atoms. The fourth-order valence-corrected chi connectivity index (χ4v) is 5.28. The molecule has 0 bridgehead atoms. The Morgan fingerprint density at radius 1 is 1.15 bits per heavy atom. The first-order valence-electron chi connectivity index (χ1n) is 13.5. The highest BCUT2D eigenvalue weighted by Gasteiger charge is 2.33. The number of hydrogen-bond acceptors (Lipinski definition) is 7. The number of aromatic nitrogens is 4. The van der Waals surface area contributed by atoms with Gasteiger partial charge in [0.1, 0.15) is 40.9 Å². The zero-order chi connectivity index (χ0) is 29.3. The molecule has 11 heteroatoms. The lowest BCUT2D eigenvalue weighted by molar-refractivity contribution is -0.138. The number of amides is 2. The number of carbonyl (C=O) groups excluding carboxylic acids is 2. The lowest BCUT2D eigenvalue weighted by atomic mass is 9.92. The number of rotatable bonds is 7. The molecule has 10 nitrogen and oxygen atoms in total. The number of methoxy groups -OCH3 is 1. The van der Waals surface area contributed by atoms with E-state index in [2.05, 4.69) is 15.3 Å². The number of likely N-dealkylation sites (tertiary alicyclic amines) is 1. The van der Waals surface area contributed by atoms with Crippen molar-refractivity contribution in [3.8, 4) is 11.3 Å². The summed E-state index contributed by atoms with van der Waals surface area (Å²) in [5, 5.41) is 2.73. The van der Waals surface area contributed by atoms with Crippen molar-refractivity contribution in [2.24, 2.45) is 0 Å². The number of nitrogens with two attached hydrogens (primary N) is 1. The zero-order valence-corrected chi connectivity index (χ0v) is 23.6. The van der Waals surface area contributed by atoms with Crippen LogP contribution in [0.1, 0.15) is 61.3 Å². The molecule has 4 aromatic rings. The van der Waals surface area contributed by atoms with Crippen molar-refractivity contribution < 1.29 is 18.7 Å². The number of anilines is 2. The summed E-state index contributed by atoms with van der Waals surface area (Å²) >= 11 is 0. The van der Waals surface area contributed by atoms with Crippen LogP contribution in [-0.4, -0.2) is 62.4 Å². The van der Waals surface area contributed by atoms with Gasteiger partial charge in [0, 0.05) is 55.3 Å². The summed E-state index contributed by atoms with van der Waals surface area (Å²) in [5.74, 6) is 0.988. The normalized spacial score (nSPS) is 17.5. The quantitative estimate of drug-likeness (QED) is 0.339. The van der Waals surface area contributed by atoms with E-state index in [1.165, 1.54) is 33.2 Å². The van der Waals surface area contributed by atoms with Crippen LogP contribution < -0.4 is 11.1 Å². The Morgan fingerprint density at radius 3 is 2.61 bits per heavy atom. The van der Waals surface area contributed by atoms with Gasteiger partial charge in [0.15, 0.2) is 0 Å². The number of pyridine rings is 1. The standard InChI is InChI=1S/C30H34FN7O3/c1-18-5-6-21(16-38(18)24(39)17-41-4)28-36-25(26-27(32)34-13-14-37(26)28)19-7-9-20(10-8-19)29(40)35-23-15-22(11-12-33-23)30(2,3)31/h7-15,18,21H,5-6,16-17H2,1-4H3,(H2,32,34)(H,33,35,40). The molecule has 1 aromatic carbocycles. The van der Waals surface area contributed by atoms with E-state index in [0.717, 1.165) is 24.2 Å². The average molecular weight is 560 g/mol. The van der Waals surface area contributed by atoms with Crippen molar-refractivity contribution in [3.05, 3.63) is 71.9 Å². The third-order valence-corrected chi connectivity index (χ3v) is 7.55. The smallest absolute Gasteiger partial charge is 0.256 e. The van der Waals surface area contributed by atoms with E-state index in [1.807, 2.05) is 22.4 Å². The van der Waals surface area contributed by atoms with E-state index < -0.39 is 5.67 Å². The lowest BCUT2D eigenvalue weighted by Gasteiger charge is -2.37. The maximum Gasteiger partial charge on any atom is 0.256 e. The monoisotopic (exact) mass is 559 g/mol. The van der Waals surface area contributed by atoms with Gasteiger partial charge in [-0.1, -0.05) is 12.1 Å². The SMILES string of the molecule is COCC(=O)N1CC(c2nc(-c3ccc(C(=O)Nc4cc(C(C)(C)F)ccn4)cc3)c3c(N)nccn23)CCC1C. The molecule has 2 amide bonds. The van der Waals surface area contributed by atoms with Gasteiger partial charge in [0.2, 0.25) is 5.91 Å². The van der Waals surface area contributed by atoms with E-state index in [-0.39, 0.29) is 36.2 Å². The summed E-state index contributed by atoms with van der Waals surface area (Å²) in [7, 11) is 1.52. The average Bonchev–Trinajstić information content (AvgIpc) is 3.34. The van der Waals surface area contributed by atoms with Gasteiger partial charge >= 0.3 is 0 Å². The van der Waals surface area contributed by atoms with E-state index in [9.17, 15) is 14.0 Å². The number of carbonyl (C=O) groups is 2. The molecule has 1 aliphatic heterocycles.